The van der Waals surface area contributed by atoms with Gasteiger partial charge in [0.25, 0.3) is 0 Å². The highest BCUT2D eigenvalue weighted by Gasteiger charge is 2.27. The van der Waals surface area contributed by atoms with E-state index in [2.05, 4.69) is 24.1 Å². The fourth-order valence-electron chi connectivity index (χ4n) is 2.13. The van der Waals surface area contributed by atoms with Crippen LogP contribution in [0.1, 0.15) is 6.42 Å². The quantitative estimate of drug-likeness (QED) is 0.814. The van der Waals surface area contributed by atoms with Gasteiger partial charge in [0.05, 0.1) is 0 Å². The van der Waals surface area contributed by atoms with E-state index in [4.69, 9.17) is 5.73 Å². The summed E-state index contributed by atoms with van der Waals surface area (Å²) in [5.74, 6) is 0. The van der Waals surface area contributed by atoms with Crippen LogP contribution in [0.15, 0.2) is 30.3 Å². The van der Waals surface area contributed by atoms with Crippen LogP contribution in [0.2, 0.25) is 0 Å². The standard InChI is InChI=1S/C12H17N3O/c1-14(10-5-3-2-4-6-10)11-7-8-15(9-11)12(13)16/h2-6,11H,7-9H2,1H3,(H2,13,16)/t11-/m1/s1. The largest absolute Gasteiger partial charge is 0.370 e. The Morgan fingerprint density at radius 3 is 2.69 bits per heavy atom. The van der Waals surface area contributed by atoms with E-state index in [9.17, 15) is 4.79 Å². The number of likely N-dealkylation sites (tertiary alicyclic amines) is 1. The number of benzene rings is 1. The first-order valence-corrected chi connectivity index (χ1v) is 5.51. The maximum absolute atomic E-state index is 11.0. The van der Waals surface area contributed by atoms with Gasteiger partial charge in [-0.3, -0.25) is 0 Å². The van der Waals surface area contributed by atoms with Gasteiger partial charge in [0, 0.05) is 31.9 Å². The molecule has 1 aliphatic heterocycles. The predicted molar refractivity (Wildman–Crippen MR) is 64.4 cm³/mol. The van der Waals surface area contributed by atoms with Crippen molar-refractivity contribution in [2.24, 2.45) is 5.73 Å². The molecule has 1 atom stereocenters. The average Bonchev–Trinajstić information content (AvgIpc) is 2.78. The van der Waals surface area contributed by atoms with E-state index in [0.29, 0.717) is 6.04 Å². The van der Waals surface area contributed by atoms with Crippen LogP contribution in [0, 0.1) is 0 Å². The minimum Gasteiger partial charge on any atom is -0.370 e. The molecule has 1 saturated heterocycles. The third-order valence-electron chi connectivity index (χ3n) is 3.19. The number of para-hydroxylation sites is 1. The monoisotopic (exact) mass is 219 g/mol. The van der Waals surface area contributed by atoms with Gasteiger partial charge in [-0.1, -0.05) is 18.2 Å². The molecule has 1 aromatic rings. The molecule has 1 heterocycles. The third kappa shape index (κ3) is 2.10. The molecular formula is C12H17N3O. The predicted octanol–water partition coefficient (Wildman–Crippen LogP) is 1.28. The molecule has 0 spiro atoms. The van der Waals surface area contributed by atoms with Crippen molar-refractivity contribution in [3.8, 4) is 0 Å². The minimum atomic E-state index is -0.316. The normalized spacial score (nSPS) is 19.8. The molecule has 1 fully saturated rings. The molecule has 0 bridgehead atoms. The first-order valence-electron chi connectivity index (χ1n) is 5.51. The first kappa shape index (κ1) is 10.8. The van der Waals surface area contributed by atoms with Crippen molar-refractivity contribution in [2.75, 3.05) is 25.0 Å². The van der Waals surface area contributed by atoms with Crippen molar-refractivity contribution in [1.29, 1.82) is 0 Å². The Bertz CT molecular complexity index is 366. The second kappa shape index (κ2) is 4.43. The minimum absolute atomic E-state index is 0.316. The molecule has 0 radical (unpaired) electrons. The molecule has 16 heavy (non-hydrogen) atoms. The van der Waals surface area contributed by atoms with Crippen LogP contribution in [-0.4, -0.2) is 37.1 Å². The van der Waals surface area contributed by atoms with E-state index < -0.39 is 0 Å². The van der Waals surface area contributed by atoms with Crippen LogP contribution < -0.4 is 10.6 Å². The smallest absolute Gasteiger partial charge is 0.314 e. The number of carbonyl (C=O) groups is 1. The van der Waals surface area contributed by atoms with E-state index in [-0.39, 0.29) is 6.03 Å². The van der Waals surface area contributed by atoms with Crippen molar-refractivity contribution in [1.82, 2.24) is 4.90 Å². The molecule has 2 rings (SSSR count). The first-order chi connectivity index (χ1) is 7.68. The topological polar surface area (TPSA) is 49.6 Å². The second-order valence-electron chi connectivity index (χ2n) is 4.17. The molecule has 4 heteroatoms. The Morgan fingerprint density at radius 1 is 1.44 bits per heavy atom. The number of amides is 2. The van der Waals surface area contributed by atoms with Crippen LogP contribution in [0.3, 0.4) is 0 Å². The Hall–Kier alpha value is -1.71. The zero-order valence-corrected chi connectivity index (χ0v) is 9.47. The number of nitrogens with zero attached hydrogens (tertiary/aromatic N) is 2. The lowest BCUT2D eigenvalue weighted by molar-refractivity contribution is 0.218. The molecule has 86 valence electrons. The Balaban J connectivity index is 2.02. The lowest BCUT2D eigenvalue weighted by Crippen LogP contribution is -2.38. The molecule has 0 unspecified atom stereocenters. The van der Waals surface area contributed by atoms with E-state index in [1.807, 2.05) is 18.2 Å². The third-order valence-corrected chi connectivity index (χ3v) is 3.19. The molecule has 1 aliphatic rings. The highest BCUT2D eigenvalue weighted by Crippen LogP contribution is 2.20. The van der Waals surface area contributed by atoms with Crippen molar-refractivity contribution in [3.05, 3.63) is 30.3 Å². The maximum Gasteiger partial charge on any atom is 0.314 e. The van der Waals surface area contributed by atoms with Gasteiger partial charge < -0.3 is 15.5 Å². The summed E-state index contributed by atoms with van der Waals surface area (Å²) >= 11 is 0. The van der Waals surface area contributed by atoms with Gasteiger partial charge in [-0.05, 0) is 18.6 Å². The summed E-state index contributed by atoms with van der Waals surface area (Å²) in [4.78, 5) is 14.9. The number of likely N-dealkylation sites (N-methyl/N-ethyl adjacent to an activating group) is 1. The van der Waals surface area contributed by atoms with Gasteiger partial charge in [-0.25, -0.2) is 4.79 Å². The molecule has 0 saturated carbocycles. The number of rotatable bonds is 2. The highest BCUT2D eigenvalue weighted by atomic mass is 16.2. The molecule has 2 N–H and O–H groups in total. The van der Waals surface area contributed by atoms with Gasteiger partial charge in [-0.15, -0.1) is 0 Å². The highest BCUT2D eigenvalue weighted by molar-refractivity contribution is 5.72. The number of nitrogens with two attached hydrogens (primary N) is 1. The van der Waals surface area contributed by atoms with Gasteiger partial charge in [0.1, 0.15) is 0 Å². The maximum atomic E-state index is 11.0. The zero-order valence-electron chi connectivity index (χ0n) is 9.47. The molecule has 2 amide bonds. The summed E-state index contributed by atoms with van der Waals surface area (Å²) in [6, 6.07) is 10.2. The Labute approximate surface area is 95.6 Å². The summed E-state index contributed by atoms with van der Waals surface area (Å²) in [6.07, 6.45) is 0.980. The van der Waals surface area contributed by atoms with Crippen molar-refractivity contribution < 1.29 is 4.79 Å². The second-order valence-corrected chi connectivity index (χ2v) is 4.17. The summed E-state index contributed by atoms with van der Waals surface area (Å²) < 4.78 is 0. The van der Waals surface area contributed by atoms with Crippen LogP contribution in [0.5, 0.6) is 0 Å². The number of anilines is 1. The van der Waals surface area contributed by atoms with Crippen LogP contribution >= 0.6 is 0 Å². The van der Waals surface area contributed by atoms with Crippen LogP contribution in [0.4, 0.5) is 10.5 Å². The lowest BCUT2D eigenvalue weighted by Gasteiger charge is -2.26. The van der Waals surface area contributed by atoms with Crippen molar-refractivity contribution in [2.45, 2.75) is 12.5 Å². The molecule has 1 aromatic carbocycles. The number of urea groups is 1. The fraction of sp³-hybridized carbons (Fsp3) is 0.417. The summed E-state index contributed by atoms with van der Waals surface area (Å²) in [5, 5.41) is 0. The van der Waals surface area contributed by atoms with E-state index >= 15 is 0 Å². The van der Waals surface area contributed by atoms with Crippen LogP contribution in [-0.2, 0) is 0 Å². The number of hydrogen-bond donors (Lipinski definition) is 1. The number of primary amides is 1. The Morgan fingerprint density at radius 2 is 2.12 bits per heavy atom. The van der Waals surface area contributed by atoms with Gasteiger partial charge in [0.15, 0.2) is 0 Å². The molecule has 0 aromatic heterocycles. The molecular weight excluding hydrogens is 202 g/mol. The van der Waals surface area contributed by atoms with Gasteiger partial charge in [0.2, 0.25) is 0 Å². The lowest BCUT2D eigenvalue weighted by atomic mass is 10.2. The van der Waals surface area contributed by atoms with Crippen molar-refractivity contribution >= 4 is 11.7 Å². The van der Waals surface area contributed by atoms with Gasteiger partial charge >= 0.3 is 6.03 Å². The zero-order chi connectivity index (χ0) is 11.5. The summed E-state index contributed by atoms with van der Waals surface area (Å²) in [7, 11) is 2.06. The van der Waals surface area contributed by atoms with Crippen molar-refractivity contribution in [3.63, 3.8) is 0 Å². The number of carbonyl (C=O) groups excluding carboxylic acids is 1. The molecule has 0 aliphatic carbocycles. The van der Waals surface area contributed by atoms with E-state index in [1.54, 1.807) is 4.90 Å². The SMILES string of the molecule is CN(c1ccccc1)[C@@H]1CCN(C(N)=O)C1. The number of hydrogen-bond acceptors (Lipinski definition) is 2. The summed E-state index contributed by atoms with van der Waals surface area (Å²) in [5.41, 5.74) is 6.45. The Kier molecular flexibility index (Phi) is 2.99. The average molecular weight is 219 g/mol. The van der Waals surface area contributed by atoms with Gasteiger partial charge in [-0.2, -0.15) is 0 Å². The van der Waals surface area contributed by atoms with Crippen LogP contribution in [0.25, 0.3) is 0 Å². The molecule has 4 nitrogen and oxygen atoms in total. The van der Waals surface area contributed by atoms with E-state index in [1.165, 1.54) is 5.69 Å². The summed E-state index contributed by atoms with van der Waals surface area (Å²) in [6.45, 7) is 1.48. The fourth-order valence-corrected chi connectivity index (χ4v) is 2.13. The van der Waals surface area contributed by atoms with E-state index in [0.717, 1.165) is 19.5 Å².